The van der Waals surface area contributed by atoms with E-state index in [-0.39, 0.29) is 0 Å². The number of esters is 2. The maximum Gasteiger partial charge on any atom is 0.339 e. The van der Waals surface area contributed by atoms with E-state index in [0.717, 1.165) is 38.0 Å². The average molecular weight is 419 g/mol. The van der Waals surface area contributed by atoms with Crippen molar-refractivity contribution in [1.82, 2.24) is 0 Å². The topological polar surface area (TPSA) is 52.6 Å². The summed E-state index contributed by atoms with van der Waals surface area (Å²) in [5.41, 5.74) is 0.580. The largest absolute Gasteiger partial charge is 0.462 e. The van der Waals surface area contributed by atoms with Gasteiger partial charge in [-0.3, -0.25) is 0 Å². The molecule has 0 radical (unpaired) electrons. The molecule has 0 aliphatic carbocycles. The Hall–Kier alpha value is -1.84. The second-order valence-electron chi connectivity index (χ2n) is 8.57. The van der Waals surface area contributed by atoms with Gasteiger partial charge in [0.2, 0.25) is 0 Å². The molecule has 4 nitrogen and oxygen atoms in total. The molecular weight excluding hydrogens is 376 g/mol. The number of ether oxygens (including phenoxy) is 2. The smallest absolute Gasteiger partial charge is 0.339 e. The van der Waals surface area contributed by atoms with Crippen molar-refractivity contribution >= 4 is 11.9 Å². The lowest BCUT2D eigenvalue weighted by molar-refractivity contribution is 0.0448. The molecule has 0 fully saturated rings. The van der Waals surface area contributed by atoms with Crippen LogP contribution in [-0.4, -0.2) is 25.2 Å². The number of carbonyl (C=O) groups excluding carboxylic acids is 2. The van der Waals surface area contributed by atoms with E-state index in [9.17, 15) is 9.59 Å². The molecule has 30 heavy (non-hydrogen) atoms. The first kappa shape index (κ1) is 26.2. The summed E-state index contributed by atoms with van der Waals surface area (Å²) in [5, 5.41) is 0. The van der Waals surface area contributed by atoms with E-state index in [4.69, 9.17) is 9.47 Å². The van der Waals surface area contributed by atoms with Gasteiger partial charge in [-0.15, -0.1) is 0 Å². The average Bonchev–Trinajstić information content (AvgIpc) is 2.76. The van der Waals surface area contributed by atoms with Gasteiger partial charge in [-0.25, -0.2) is 9.59 Å². The lowest BCUT2D eigenvalue weighted by Crippen LogP contribution is -2.15. The molecule has 1 rings (SSSR count). The normalized spacial score (nSPS) is 12.9. The van der Waals surface area contributed by atoms with E-state index in [2.05, 4.69) is 27.7 Å². The molecule has 0 heterocycles. The molecule has 2 atom stereocenters. The molecule has 170 valence electrons. The fourth-order valence-electron chi connectivity index (χ4n) is 3.43. The predicted molar refractivity (Wildman–Crippen MR) is 123 cm³/mol. The maximum absolute atomic E-state index is 12.5. The number of unbranched alkanes of at least 4 members (excludes halogenated alkanes) is 3. The molecule has 4 heteroatoms. The van der Waals surface area contributed by atoms with Crippen molar-refractivity contribution in [2.45, 2.75) is 91.9 Å². The summed E-state index contributed by atoms with van der Waals surface area (Å²) < 4.78 is 10.8. The highest BCUT2D eigenvalue weighted by atomic mass is 16.5. The van der Waals surface area contributed by atoms with Gasteiger partial charge in [0.15, 0.2) is 0 Å². The van der Waals surface area contributed by atoms with E-state index in [1.807, 2.05) is 0 Å². The first-order valence-electron chi connectivity index (χ1n) is 11.9. The SMILES string of the molecule is CCCCC(C)CCCOC(=O)c1ccccc1C(=O)OCCCCCC(C)CC. The van der Waals surface area contributed by atoms with E-state index in [0.29, 0.717) is 30.3 Å². The van der Waals surface area contributed by atoms with Crippen LogP contribution in [0.2, 0.25) is 0 Å². The van der Waals surface area contributed by atoms with Gasteiger partial charge in [0.1, 0.15) is 0 Å². The van der Waals surface area contributed by atoms with Crippen LogP contribution in [0.5, 0.6) is 0 Å². The molecule has 1 aromatic carbocycles. The molecule has 0 N–H and O–H groups in total. The van der Waals surface area contributed by atoms with Crippen molar-refractivity contribution < 1.29 is 19.1 Å². The summed E-state index contributed by atoms with van der Waals surface area (Å²) in [5.74, 6) is 0.510. The first-order chi connectivity index (χ1) is 14.5. The van der Waals surface area contributed by atoms with Crippen molar-refractivity contribution in [2.75, 3.05) is 13.2 Å². The Morgan fingerprint density at radius 3 is 1.83 bits per heavy atom. The second-order valence-corrected chi connectivity index (χ2v) is 8.57. The third-order valence-corrected chi connectivity index (χ3v) is 5.76. The molecular formula is C26H42O4. The van der Waals surface area contributed by atoms with Gasteiger partial charge >= 0.3 is 11.9 Å². The Labute approximate surface area is 183 Å². The van der Waals surface area contributed by atoms with Crippen molar-refractivity contribution in [3.8, 4) is 0 Å². The highest BCUT2D eigenvalue weighted by Crippen LogP contribution is 2.16. The number of hydrogen-bond acceptors (Lipinski definition) is 4. The fourth-order valence-corrected chi connectivity index (χ4v) is 3.43. The number of carbonyl (C=O) groups is 2. The summed E-state index contributed by atoms with van der Waals surface area (Å²) in [6, 6.07) is 6.76. The molecule has 0 aromatic heterocycles. The summed E-state index contributed by atoms with van der Waals surface area (Å²) in [7, 11) is 0. The zero-order chi connectivity index (χ0) is 22.2. The van der Waals surface area contributed by atoms with Crippen LogP contribution >= 0.6 is 0 Å². The van der Waals surface area contributed by atoms with Crippen LogP contribution in [0.4, 0.5) is 0 Å². The third kappa shape index (κ3) is 10.8. The van der Waals surface area contributed by atoms with Gasteiger partial charge in [-0.2, -0.15) is 0 Å². The van der Waals surface area contributed by atoms with Crippen molar-refractivity contribution in [2.24, 2.45) is 11.8 Å². The number of rotatable bonds is 16. The van der Waals surface area contributed by atoms with Crippen molar-refractivity contribution in [3.05, 3.63) is 35.4 Å². The fraction of sp³-hybridized carbons (Fsp3) is 0.692. The summed E-state index contributed by atoms with van der Waals surface area (Å²) in [4.78, 5) is 24.9. The highest BCUT2D eigenvalue weighted by molar-refractivity contribution is 6.03. The van der Waals surface area contributed by atoms with Gasteiger partial charge in [0.25, 0.3) is 0 Å². The van der Waals surface area contributed by atoms with Crippen LogP contribution in [-0.2, 0) is 9.47 Å². The Kier molecular flexibility index (Phi) is 13.9. The van der Waals surface area contributed by atoms with E-state index < -0.39 is 11.9 Å². The summed E-state index contributed by atoms with van der Waals surface area (Å²) in [6.07, 6.45) is 11.1. The van der Waals surface area contributed by atoms with Gasteiger partial charge in [0, 0.05) is 0 Å². The van der Waals surface area contributed by atoms with E-state index in [1.54, 1.807) is 24.3 Å². The first-order valence-corrected chi connectivity index (χ1v) is 11.9. The lowest BCUT2D eigenvalue weighted by Gasteiger charge is -2.12. The Bertz CT molecular complexity index is 611. The molecule has 0 saturated heterocycles. The van der Waals surface area contributed by atoms with Gasteiger partial charge in [-0.1, -0.05) is 84.8 Å². The molecule has 0 aliphatic heterocycles. The third-order valence-electron chi connectivity index (χ3n) is 5.76. The van der Waals surface area contributed by atoms with E-state index >= 15 is 0 Å². The zero-order valence-corrected chi connectivity index (χ0v) is 19.6. The highest BCUT2D eigenvalue weighted by Gasteiger charge is 2.19. The van der Waals surface area contributed by atoms with Gasteiger partial charge in [-0.05, 0) is 43.2 Å². The van der Waals surface area contributed by atoms with Crippen molar-refractivity contribution in [3.63, 3.8) is 0 Å². The molecule has 0 amide bonds. The molecule has 0 saturated carbocycles. The molecule has 0 bridgehead atoms. The zero-order valence-electron chi connectivity index (χ0n) is 19.6. The van der Waals surface area contributed by atoms with Crippen LogP contribution in [0.25, 0.3) is 0 Å². The van der Waals surface area contributed by atoms with Crippen LogP contribution in [0.3, 0.4) is 0 Å². The van der Waals surface area contributed by atoms with Crippen LogP contribution in [0.1, 0.15) is 113 Å². The second kappa shape index (κ2) is 15.9. The molecule has 2 unspecified atom stereocenters. The molecule has 0 spiro atoms. The minimum atomic E-state index is -0.447. The standard InChI is InChI=1S/C26H42O4/c1-5-7-14-22(4)16-13-20-30-26(28)24-18-11-10-17-23(24)25(27)29-19-12-8-9-15-21(3)6-2/h10-11,17-18,21-22H,5-9,12-16,19-20H2,1-4H3. The number of benzene rings is 1. The maximum atomic E-state index is 12.5. The van der Waals surface area contributed by atoms with Crippen LogP contribution in [0.15, 0.2) is 24.3 Å². The van der Waals surface area contributed by atoms with Crippen molar-refractivity contribution in [1.29, 1.82) is 0 Å². The Morgan fingerprint density at radius 2 is 1.27 bits per heavy atom. The Morgan fingerprint density at radius 1 is 0.733 bits per heavy atom. The lowest BCUT2D eigenvalue weighted by atomic mass is 9.99. The van der Waals surface area contributed by atoms with Crippen LogP contribution < -0.4 is 0 Å². The minimum absolute atomic E-state index is 0.290. The minimum Gasteiger partial charge on any atom is -0.462 e. The van der Waals surface area contributed by atoms with Gasteiger partial charge in [0.05, 0.1) is 24.3 Å². The molecule has 1 aromatic rings. The van der Waals surface area contributed by atoms with Crippen LogP contribution in [0, 0.1) is 11.8 Å². The predicted octanol–water partition coefficient (Wildman–Crippen LogP) is 7.21. The molecule has 0 aliphatic rings. The Balaban J connectivity index is 2.39. The van der Waals surface area contributed by atoms with Gasteiger partial charge < -0.3 is 9.47 Å². The van der Waals surface area contributed by atoms with E-state index in [1.165, 1.54) is 32.1 Å². The number of hydrogen-bond donors (Lipinski definition) is 0. The summed E-state index contributed by atoms with van der Waals surface area (Å²) >= 11 is 0. The monoisotopic (exact) mass is 418 g/mol. The quantitative estimate of drug-likeness (QED) is 0.210. The summed E-state index contributed by atoms with van der Waals surface area (Å²) in [6.45, 7) is 9.69.